The second kappa shape index (κ2) is 8.58. The number of fused-ring (bicyclic) bond motifs is 3. The molecular weight excluding hydrogens is 498 g/mol. The fraction of sp³-hybridized carbons (Fsp3) is 0.111. The van der Waals surface area contributed by atoms with Crippen LogP contribution in [-0.2, 0) is 6.42 Å². The van der Waals surface area contributed by atoms with Crippen molar-refractivity contribution in [1.29, 1.82) is 0 Å². The standard InChI is InChI=1S/C27H18ClN3O4S/c28-20-8-4-3-7-18(20)25-19-11-10-16-5-1-2-6-17(16)24(19)29-27-30(25)26(33)23(36-27)14-15-9-12-22(32)21(13-15)31(34)35/h1-9,12-14,25,32H,10-11H2/p-1/b23-14+/t25-/m1/s1. The maximum absolute atomic E-state index is 13.7. The molecule has 36 heavy (non-hydrogen) atoms. The molecule has 1 aromatic heterocycles. The third-order valence-corrected chi connectivity index (χ3v) is 7.88. The van der Waals surface area contributed by atoms with Crippen LogP contribution in [0.5, 0.6) is 5.75 Å². The molecule has 0 amide bonds. The van der Waals surface area contributed by atoms with Crippen LogP contribution in [0.25, 0.3) is 11.8 Å². The zero-order valence-electron chi connectivity index (χ0n) is 18.7. The fourth-order valence-corrected chi connectivity index (χ4v) is 6.15. The van der Waals surface area contributed by atoms with Crippen molar-refractivity contribution >= 4 is 40.4 Å². The van der Waals surface area contributed by atoms with E-state index in [-0.39, 0.29) is 5.56 Å². The fourth-order valence-electron chi connectivity index (χ4n) is 4.91. The smallest absolute Gasteiger partial charge is 0.271 e. The molecule has 0 unspecified atom stereocenters. The summed E-state index contributed by atoms with van der Waals surface area (Å²) in [4.78, 5) is 29.7. The van der Waals surface area contributed by atoms with Crippen molar-refractivity contribution in [3.8, 4) is 5.75 Å². The van der Waals surface area contributed by atoms with Crippen LogP contribution in [0.4, 0.5) is 5.69 Å². The van der Waals surface area contributed by atoms with Crippen molar-refractivity contribution in [3.63, 3.8) is 0 Å². The van der Waals surface area contributed by atoms with Gasteiger partial charge in [0.05, 0.1) is 21.2 Å². The molecular formula is C27H17ClN3O4S-. The number of thiazole rings is 1. The first-order valence-corrected chi connectivity index (χ1v) is 12.4. The maximum Gasteiger partial charge on any atom is 0.271 e. The van der Waals surface area contributed by atoms with E-state index in [1.807, 2.05) is 36.4 Å². The first-order chi connectivity index (χ1) is 17.4. The second-order valence-corrected chi connectivity index (χ2v) is 10.0. The molecule has 0 radical (unpaired) electrons. The normalized spacial score (nSPS) is 16.7. The lowest BCUT2D eigenvalue weighted by molar-refractivity contribution is -0.398. The van der Waals surface area contributed by atoms with Crippen molar-refractivity contribution in [2.75, 3.05) is 0 Å². The van der Waals surface area contributed by atoms with Crippen LogP contribution in [0.15, 0.2) is 82.1 Å². The van der Waals surface area contributed by atoms with Gasteiger partial charge in [-0.15, -0.1) is 0 Å². The first-order valence-electron chi connectivity index (χ1n) is 11.3. The van der Waals surface area contributed by atoms with Crippen molar-refractivity contribution < 1.29 is 10.0 Å². The highest BCUT2D eigenvalue weighted by molar-refractivity contribution is 7.07. The van der Waals surface area contributed by atoms with Gasteiger partial charge in [0.25, 0.3) is 11.2 Å². The molecule has 0 bridgehead atoms. The minimum atomic E-state index is -0.718. The van der Waals surface area contributed by atoms with Crippen LogP contribution in [-0.4, -0.2) is 9.49 Å². The van der Waals surface area contributed by atoms with Crippen LogP contribution in [0.1, 0.15) is 34.7 Å². The van der Waals surface area contributed by atoms with E-state index in [9.17, 15) is 20.0 Å². The third kappa shape index (κ3) is 3.57. The highest BCUT2D eigenvalue weighted by atomic mass is 35.5. The molecule has 7 nitrogen and oxygen atoms in total. The van der Waals surface area contributed by atoms with Gasteiger partial charge in [0, 0.05) is 16.7 Å². The van der Waals surface area contributed by atoms with Gasteiger partial charge in [0.2, 0.25) is 0 Å². The number of nitro groups is 1. The predicted molar refractivity (Wildman–Crippen MR) is 137 cm³/mol. The van der Waals surface area contributed by atoms with E-state index < -0.39 is 22.4 Å². The molecule has 178 valence electrons. The zero-order chi connectivity index (χ0) is 25.0. The van der Waals surface area contributed by atoms with Gasteiger partial charge in [-0.25, -0.2) is 4.99 Å². The quantitative estimate of drug-likeness (QED) is 0.305. The lowest BCUT2D eigenvalue weighted by Gasteiger charge is -2.31. The third-order valence-electron chi connectivity index (χ3n) is 6.55. The topological polar surface area (TPSA) is 101 Å². The number of hydrogen-bond acceptors (Lipinski definition) is 6. The molecule has 6 rings (SSSR count). The number of rotatable bonds is 3. The van der Waals surface area contributed by atoms with E-state index in [2.05, 4.69) is 12.1 Å². The molecule has 0 spiro atoms. The summed E-state index contributed by atoms with van der Waals surface area (Å²) < 4.78 is 2.04. The summed E-state index contributed by atoms with van der Waals surface area (Å²) in [5.41, 5.74) is 4.58. The summed E-state index contributed by atoms with van der Waals surface area (Å²) in [5.74, 6) is -0.677. The number of aryl methyl sites for hydroxylation is 1. The summed E-state index contributed by atoms with van der Waals surface area (Å²) in [5, 5.41) is 23.6. The summed E-state index contributed by atoms with van der Waals surface area (Å²) in [6, 6.07) is 19.0. The van der Waals surface area contributed by atoms with Crippen molar-refractivity contribution in [1.82, 2.24) is 4.57 Å². The number of hydrogen-bond donors (Lipinski definition) is 0. The van der Waals surface area contributed by atoms with E-state index >= 15 is 0 Å². The molecule has 2 heterocycles. The molecule has 1 aliphatic carbocycles. The van der Waals surface area contributed by atoms with Gasteiger partial charge < -0.3 is 5.11 Å². The molecule has 3 aromatic carbocycles. The Morgan fingerprint density at radius 1 is 1.08 bits per heavy atom. The van der Waals surface area contributed by atoms with Gasteiger partial charge in [0.1, 0.15) is 0 Å². The van der Waals surface area contributed by atoms with Gasteiger partial charge in [-0.1, -0.05) is 77.5 Å². The van der Waals surface area contributed by atoms with Gasteiger partial charge in [0.15, 0.2) is 4.80 Å². The molecule has 0 saturated heterocycles. The summed E-state index contributed by atoms with van der Waals surface area (Å²) in [6.07, 6.45) is 3.14. The van der Waals surface area contributed by atoms with E-state index in [0.717, 1.165) is 41.3 Å². The van der Waals surface area contributed by atoms with Crippen molar-refractivity contribution in [2.24, 2.45) is 4.99 Å². The Bertz CT molecular complexity index is 1790. The molecule has 1 aliphatic heterocycles. The van der Waals surface area contributed by atoms with Gasteiger partial charge in [-0.3, -0.25) is 19.5 Å². The van der Waals surface area contributed by atoms with Crippen LogP contribution >= 0.6 is 22.9 Å². The maximum atomic E-state index is 13.7. The highest BCUT2D eigenvalue weighted by Gasteiger charge is 2.33. The highest BCUT2D eigenvalue weighted by Crippen LogP contribution is 2.42. The molecule has 9 heteroatoms. The summed E-state index contributed by atoms with van der Waals surface area (Å²) >= 11 is 7.85. The van der Waals surface area contributed by atoms with Crippen molar-refractivity contribution in [2.45, 2.75) is 18.9 Å². The second-order valence-electron chi connectivity index (χ2n) is 8.62. The number of nitrogens with zero attached hydrogens (tertiary/aromatic N) is 3. The number of benzene rings is 3. The molecule has 2 aliphatic rings. The Hall–Kier alpha value is -4.01. The number of allylic oxidation sites excluding steroid dienone is 1. The number of nitro benzene ring substituents is 1. The average Bonchev–Trinajstić information content (AvgIpc) is 3.18. The molecule has 0 N–H and O–H groups in total. The SMILES string of the molecule is O=c1/c(=C\c2ccc([O-])c([N+](=O)[O-])c2)sc2n1[C@H](c1ccccc1Cl)C1=C(N=2)c2ccccc2CC1. The molecule has 1 atom stereocenters. The number of halogens is 1. The van der Waals surface area contributed by atoms with Gasteiger partial charge >= 0.3 is 0 Å². The predicted octanol–water partition coefficient (Wildman–Crippen LogP) is 3.95. The number of aromatic nitrogens is 1. The van der Waals surface area contributed by atoms with Crippen molar-refractivity contribution in [3.05, 3.63) is 129 Å². The summed E-state index contributed by atoms with van der Waals surface area (Å²) in [6.45, 7) is 0. The largest absolute Gasteiger partial charge is 0.868 e. The zero-order valence-corrected chi connectivity index (χ0v) is 20.3. The van der Waals surface area contributed by atoms with Gasteiger partial charge in [-0.05, 0) is 53.0 Å². The Kier molecular flexibility index (Phi) is 5.35. The average molecular weight is 515 g/mol. The minimum Gasteiger partial charge on any atom is -0.868 e. The van der Waals surface area contributed by atoms with E-state index in [1.165, 1.54) is 29.0 Å². The lowest BCUT2D eigenvalue weighted by Crippen LogP contribution is -2.38. The first kappa shape index (κ1) is 22.5. The lowest BCUT2D eigenvalue weighted by atomic mass is 9.83. The minimum absolute atomic E-state index is 0.261. The Balaban J connectivity index is 1.62. The summed E-state index contributed by atoms with van der Waals surface area (Å²) in [7, 11) is 0. The van der Waals surface area contributed by atoms with Crippen LogP contribution in [0, 0.1) is 10.1 Å². The molecule has 0 saturated carbocycles. The Labute approximate surface area is 213 Å². The van der Waals surface area contributed by atoms with Crippen LogP contribution in [0.2, 0.25) is 5.02 Å². The monoisotopic (exact) mass is 514 g/mol. The van der Waals surface area contributed by atoms with Crippen LogP contribution < -0.4 is 20.0 Å². The van der Waals surface area contributed by atoms with Gasteiger partial charge in [-0.2, -0.15) is 0 Å². The Morgan fingerprint density at radius 3 is 2.67 bits per heavy atom. The van der Waals surface area contributed by atoms with E-state index in [1.54, 1.807) is 10.6 Å². The van der Waals surface area contributed by atoms with Crippen LogP contribution in [0.3, 0.4) is 0 Å². The Morgan fingerprint density at radius 2 is 1.86 bits per heavy atom. The molecule has 0 fully saturated rings. The van der Waals surface area contributed by atoms with E-state index in [4.69, 9.17) is 16.6 Å². The van der Waals surface area contributed by atoms with E-state index in [0.29, 0.717) is 19.9 Å². The molecule has 4 aromatic rings.